The Hall–Kier alpha value is -0.930. The molecular weight excluding hydrogens is 246 g/mol. The van der Waals surface area contributed by atoms with Gasteiger partial charge in [-0.25, -0.2) is 0 Å². The molecule has 0 aromatic carbocycles. The molecule has 3 nitrogen and oxygen atoms in total. The number of piperidine rings is 1. The molecule has 3 heteroatoms. The van der Waals surface area contributed by atoms with Gasteiger partial charge in [-0.15, -0.1) is 0 Å². The van der Waals surface area contributed by atoms with Crippen molar-refractivity contribution in [3.63, 3.8) is 0 Å². The van der Waals surface area contributed by atoms with E-state index in [1.54, 1.807) is 0 Å². The molecule has 2 N–H and O–H groups in total. The van der Waals surface area contributed by atoms with E-state index in [0.29, 0.717) is 11.5 Å². The molecule has 112 valence electrons. The summed E-state index contributed by atoms with van der Waals surface area (Å²) in [6.45, 7) is 9.09. The second kappa shape index (κ2) is 6.68. The Morgan fingerprint density at radius 1 is 1.30 bits per heavy atom. The maximum atomic E-state index is 6.26. The number of hydrogen-bond acceptors (Lipinski definition) is 3. The van der Waals surface area contributed by atoms with E-state index < -0.39 is 0 Å². The summed E-state index contributed by atoms with van der Waals surface area (Å²) in [5.74, 6) is 0. The van der Waals surface area contributed by atoms with Gasteiger partial charge in [0.05, 0.1) is 6.04 Å². The maximum Gasteiger partial charge on any atom is 0.0511 e. The van der Waals surface area contributed by atoms with Gasteiger partial charge in [-0.05, 0) is 49.9 Å². The minimum absolute atomic E-state index is 0.134. The molecule has 1 aromatic rings. The van der Waals surface area contributed by atoms with Crippen molar-refractivity contribution in [2.24, 2.45) is 11.1 Å². The van der Waals surface area contributed by atoms with Crippen molar-refractivity contribution in [2.45, 2.75) is 58.5 Å². The molecule has 0 aliphatic carbocycles. The van der Waals surface area contributed by atoms with Gasteiger partial charge < -0.3 is 5.73 Å². The standard InChI is InChI=1S/C17H29N3/c1-4-17(5-2)8-11-20(12-9-17)16(14(3)18)15-7-6-10-19-13-15/h6-7,10,13-14,16H,4-5,8-9,11-12,18H2,1-3H3. The first-order chi connectivity index (χ1) is 9.62. The van der Waals surface area contributed by atoms with E-state index >= 15 is 0 Å². The van der Waals surface area contributed by atoms with Crippen LogP contribution in [0.25, 0.3) is 0 Å². The fourth-order valence-corrected chi connectivity index (χ4v) is 3.63. The molecule has 2 unspecified atom stereocenters. The minimum Gasteiger partial charge on any atom is -0.326 e. The zero-order valence-corrected chi connectivity index (χ0v) is 13.2. The van der Waals surface area contributed by atoms with Gasteiger partial charge in [-0.3, -0.25) is 9.88 Å². The van der Waals surface area contributed by atoms with Gasteiger partial charge in [0.2, 0.25) is 0 Å². The van der Waals surface area contributed by atoms with Crippen molar-refractivity contribution in [3.05, 3.63) is 30.1 Å². The first kappa shape index (κ1) is 15.5. The molecule has 1 saturated heterocycles. The number of rotatable bonds is 5. The number of nitrogens with two attached hydrogens (primary N) is 1. The molecule has 1 aliphatic heterocycles. The van der Waals surface area contributed by atoms with Gasteiger partial charge in [0, 0.05) is 18.4 Å². The fraction of sp³-hybridized carbons (Fsp3) is 0.706. The molecule has 0 saturated carbocycles. The summed E-state index contributed by atoms with van der Waals surface area (Å²) in [4.78, 5) is 6.82. The Morgan fingerprint density at radius 3 is 2.40 bits per heavy atom. The summed E-state index contributed by atoms with van der Waals surface area (Å²) in [6.07, 6.45) is 8.99. The molecule has 1 aromatic heterocycles. The first-order valence-corrected chi connectivity index (χ1v) is 8.01. The SMILES string of the molecule is CCC1(CC)CCN(C(c2cccnc2)C(C)N)CC1. The Balaban J connectivity index is 2.10. The number of aromatic nitrogens is 1. The lowest BCUT2D eigenvalue weighted by atomic mass is 9.73. The number of pyridine rings is 1. The number of hydrogen-bond donors (Lipinski definition) is 1. The second-order valence-corrected chi connectivity index (χ2v) is 6.33. The third kappa shape index (κ3) is 3.21. The van der Waals surface area contributed by atoms with E-state index in [-0.39, 0.29) is 6.04 Å². The molecule has 0 bridgehead atoms. The normalized spacial score (nSPS) is 22.4. The quantitative estimate of drug-likeness (QED) is 0.896. The van der Waals surface area contributed by atoms with E-state index in [1.807, 2.05) is 18.5 Å². The van der Waals surface area contributed by atoms with Crippen LogP contribution in [0.1, 0.15) is 58.1 Å². The Morgan fingerprint density at radius 2 is 1.95 bits per heavy atom. The Labute approximate surface area is 123 Å². The fourth-order valence-electron chi connectivity index (χ4n) is 3.63. The van der Waals surface area contributed by atoms with E-state index in [4.69, 9.17) is 5.73 Å². The summed E-state index contributed by atoms with van der Waals surface area (Å²) >= 11 is 0. The van der Waals surface area contributed by atoms with Crippen LogP contribution in [-0.4, -0.2) is 29.0 Å². The van der Waals surface area contributed by atoms with Crippen LogP contribution in [0.3, 0.4) is 0 Å². The molecule has 2 atom stereocenters. The Kier molecular flexibility index (Phi) is 5.17. The first-order valence-electron chi connectivity index (χ1n) is 8.01. The molecule has 1 aliphatic rings. The van der Waals surface area contributed by atoms with Gasteiger partial charge in [-0.2, -0.15) is 0 Å². The van der Waals surface area contributed by atoms with Crippen molar-refractivity contribution in [1.29, 1.82) is 0 Å². The molecule has 0 amide bonds. The number of nitrogens with zero attached hydrogens (tertiary/aromatic N) is 2. The summed E-state index contributed by atoms with van der Waals surface area (Å²) in [5.41, 5.74) is 8.08. The van der Waals surface area contributed by atoms with E-state index in [2.05, 4.69) is 36.7 Å². The van der Waals surface area contributed by atoms with Crippen LogP contribution in [-0.2, 0) is 0 Å². The van der Waals surface area contributed by atoms with Gasteiger partial charge in [0.25, 0.3) is 0 Å². The van der Waals surface area contributed by atoms with Gasteiger partial charge in [0.1, 0.15) is 0 Å². The van der Waals surface area contributed by atoms with Crippen LogP contribution in [0.15, 0.2) is 24.5 Å². The van der Waals surface area contributed by atoms with Crippen LogP contribution < -0.4 is 5.73 Å². The van der Waals surface area contributed by atoms with Gasteiger partial charge in [-0.1, -0.05) is 32.8 Å². The highest BCUT2D eigenvalue weighted by molar-refractivity contribution is 5.16. The third-order valence-electron chi connectivity index (χ3n) is 5.28. The van der Waals surface area contributed by atoms with Crippen LogP contribution in [0, 0.1) is 5.41 Å². The highest BCUT2D eigenvalue weighted by Gasteiger charge is 2.35. The van der Waals surface area contributed by atoms with E-state index in [1.165, 1.54) is 31.2 Å². The molecule has 2 rings (SSSR count). The van der Waals surface area contributed by atoms with Crippen LogP contribution in [0.5, 0.6) is 0 Å². The summed E-state index contributed by atoms with van der Waals surface area (Å²) in [7, 11) is 0. The van der Waals surface area contributed by atoms with Crippen molar-refractivity contribution in [2.75, 3.05) is 13.1 Å². The van der Waals surface area contributed by atoms with Crippen LogP contribution in [0.2, 0.25) is 0 Å². The summed E-state index contributed by atoms with van der Waals surface area (Å²) < 4.78 is 0. The van der Waals surface area contributed by atoms with Crippen molar-refractivity contribution >= 4 is 0 Å². The van der Waals surface area contributed by atoms with Crippen molar-refractivity contribution < 1.29 is 0 Å². The monoisotopic (exact) mass is 275 g/mol. The lowest BCUT2D eigenvalue weighted by Crippen LogP contribution is -2.46. The summed E-state index contributed by atoms with van der Waals surface area (Å²) in [6, 6.07) is 4.60. The average Bonchev–Trinajstić information content (AvgIpc) is 2.49. The zero-order chi connectivity index (χ0) is 14.6. The highest BCUT2D eigenvalue weighted by atomic mass is 15.2. The van der Waals surface area contributed by atoms with E-state index in [0.717, 1.165) is 13.1 Å². The lowest BCUT2D eigenvalue weighted by molar-refractivity contribution is 0.0586. The lowest BCUT2D eigenvalue weighted by Gasteiger charge is -2.45. The van der Waals surface area contributed by atoms with Gasteiger partial charge >= 0.3 is 0 Å². The zero-order valence-electron chi connectivity index (χ0n) is 13.2. The molecule has 0 spiro atoms. The second-order valence-electron chi connectivity index (χ2n) is 6.33. The maximum absolute atomic E-state index is 6.26. The summed E-state index contributed by atoms with van der Waals surface area (Å²) in [5, 5.41) is 0. The molecule has 1 fully saturated rings. The predicted octanol–water partition coefficient (Wildman–Crippen LogP) is 3.37. The topological polar surface area (TPSA) is 42.2 Å². The molecule has 2 heterocycles. The van der Waals surface area contributed by atoms with E-state index in [9.17, 15) is 0 Å². The molecular formula is C17H29N3. The van der Waals surface area contributed by atoms with Crippen LogP contribution >= 0.6 is 0 Å². The van der Waals surface area contributed by atoms with Crippen molar-refractivity contribution in [3.8, 4) is 0 Å². The molecule has 0 radical (unpaired) electrons. The highest BCUT2D eigenvalue weighted by Crippen LogP contribution is 2.40. The smallest absolute Gasteiger partial charge is 0.0511 e. The van der Waals surface area contributed by atoms with Gasteiger partial charge in [0.15, 0.2) is 0 Å². The number of likely N-dealkylation sites (tertiary alicyclic amines) is 1. The predicted molar refractivity (Wildman–Crippen MR) is 84.4 cm³/mol. The average molecular weight is 275 g/mol. The Bertz CT molecular complexity index is 388. The van der Waals surface area contributed by atoms with Crippen molar-refractivity contribution in [1.82, 2.24) is 9.88 Å². The third-order valence-corrected chi connectivity index (χ3v) is 5.28. The minimum atomic E-state index is 0.134. The van der Waals surface area contributed by atoms with Crippen LogP contribution in [0.4, 0.5) is 0 Å². The largest absolute Gasteiger partial charge is 0.326 e. The molecule has 20 heavy (non-hydrogen) atoms.